The molecule has 3 rings (SSSR count). The molecule has 132 valence electrons. The fraction of sp³-hybridized carbons (Fsp3) is 0.316. The molecule has 0 radical (unpaired) electrons. The Hall–Kier alpha value is -2.31. The van der Waals surface area contributed by atoms with Crippen LogP contribution in [-0.2, 0) is 11.5 Å². The average molecular weight is 355 g/mol. The first-order chi connectivity index (χ1) is 11.9. The van der Waals surface area contributed by atoms with Gasteiger partial charge in [-0.25, -0.2) is 0 Å². The van der Waals surface area contributed by atoms with Crippen molar-refractivity contribution in [3.63, 3.8) is 0 Å². The number of nitrogen functional groups attached to an aromatic ring is 1. The Kier molecular flexibility index (Phi) is 5.10. The summed E-state index contributed by atoms with van der Waals surface area (Å²) >= 11 is 0. The van der Waals surface area contributed by atoms with E-state index in [2.05, 4.69) is 42.1 Å². The first kappa shape index (κ1) is 17.5. The van der Waals surface area contributed by atoms with Crippen LogP contribution in [0, 0.1) is 0 Å². The fourth-order valence-corrected chi connectivity index (χ4v) is 3.44. The second-order valence-electron chi connectivity index (χ2n) is 7.49. The first-order valence-electron chi connectivity index (χ1n) is 8.57. The zero-order valence-corrected chi connectivity index (χ0v) is 16.1. The molecule has 0 fully saturated rings. The highest BCUT2D eigenvalue weighted by molar-refractivity contribution is 6.76. The van der Waals surface area contributed by atoms with Gasteiger partial charge in [0.2, 0.25) is 0 Å². The van der Waals surface area contributed by atoms with Crippen LogP contribution in [0.15, 0.2) is 48.8 Å². The van der Waals surface area contributed by atoms with Crippen LogP contribution in [0.25, 0.3) is 22.4 Å². The molecule has 25 heavy (non-hydrogen) atoms. The normalized spacial score (nSPS) is 11.8. The van der Waals surface area contributed by atoms with Gasteiger partial charge in [-0.1, -0.05) is 50.0 Å². The van der Waals surface area contributed by atoms with E-state index in [0.717, 1.165) is 29.0 Å². The minimum absolute atomic E-state index is 0.514. The van der Waals surface area contributed by atoms with E-state index < -0.39 is 8.07 Å². The second kappa shape index (κ2) is 7.29. The SMILES string of the molecule is C[Si](C)(C)CCOCn1ccc(-c2[nH]nc(N)c2-c2ccccc2)c1. The average Bonchev–Trinajstić information content (AvgIpc) is 3.18. The summed E-state index contributed by atoms with van der Waals surface area (Å²) in [6.07, 6.45) is 4.09. The Bertz CT molecular complexity index is 818. The molecule has 2 aromatic heterocycles. The van der Waals surface area contributed by atoms with Crippen molar-refractivity contribution in [1.29, 1.82) is 0 Å². The third-order valence-electron chi connectivity index (χ3n) is 4.13. The van der Waals surface area contributed by atoms with E-state index in [1.165, 1.54) is 6.04 Å². The maximum Gasteiger partial charge on any atom is 0.153 e. The zero-order valence-electron chi connectivity index (χ0n) is 15.1. The number of nitrogens with zero attached hydrogens (tertiary/aromatic N) is 2. The molecule has 5 nitrogen and oxygen atoms in total. The van der Waals surface area contributed by atoms with Gasteiger partial charge >= 0.3 is 0 Å². The number of nitrogens with two attached hydrogens (primary N) is 1. The Morgan fingerprint density at radius 2 is 1.88 bits per heavy atom. The number of aromatic amines is 1. The lowest BCUT2D eigenvalue weighted by Gasteiger charge is -2.15. The van der Waals surface area contributed by atoms with Crippen LogP contribution in [0.5, 0.6) is 0 Å². The van der Waals surface area contributed by atoms with Crippen LogP contribution in [0.1, 0.15) is 0 Å². The molecule has 0 amide bonds. The highest BCUT2D eigenvalue weighted by Crippen LogP contribution is 2.34. The second-order valence-corrected chi connectivity index (χ2v) is 13.1. The standard InChI is InChI=1S/C19H26N4OSi/c1-25(2,3)12-11-24-14-23-10-9-16(13-23)18-17(19(20)22-21-18)15-7-5-4-6-8-15/h4-10,13H,11-12,14H2,1-3H3,(H3,20,21,22). The van der Waals surface area contributed by atoms with Gasteiger partial charge in [0.15, 0.2) is 5.82 Å². The lowest BCUT2D eigenvalue weighted by molar-refractivity contribution is 0.0875. The summed E-state index contributed by atoms with van der Waals surface area (Å²) in [5, 5.41) is 7.26. The van der Waals surface area contributed by atoms with E-state index in [1.54, 1.807) is 0 Å². The Labute approximate surface area is 149 Å². The third-order valence-corrected chi connectivity index (χ3v) is 5.84. The van der Waals surface area contributed by atoms with Gasteiger partial charge in [-0.15, -0.1) is 0 Å². The van der Waals surface area contributed by atoms with E-state index in [9.17, 15) is 0 Å². The minimum atomic E-state index is -1.05. The summed E-state index contributed by atoms with van der Waals surface area (Å²) in [6, 6.07) is 13.3. The van der Waals surface area contributed by atoms with Gasteiger partial charge in [0.05, 0.1) is 11.3 Å². The van der Waals surface area contributed by atoms with Gasteiger partial charge in [0, 0.05) is 32.6 Å². The number of nitrogens with one attached hydrogen (secondary N) is 1. The van der Waals surface area contributed by atoms with Gasteiger partial charge in [-0.2, -0.15) is 5.10 Å². The van der Waals surface area contributed by atoms with Crippen LogP contribution in [-0.4, -0.2) is 29.4 Å². The highest BCUT2D eigenvalue weighted by Gasteiger charge is 2.15. The van der Waals surface area contributed by atoms with Crippen molar-refractivity contribution in [3.8, 4) is 22.4 Å². The summed E-state index contributed by atoms with van der Waals surface area (Å²) in [5.41, 5.74) is 10.1. The van der Waals surface area contributed by atoms with Crippen LogP contribution >= 0.6 is 0 Å². The molecule has 0 aliphatic rings. The van der Waals surface area contributed by atoms with E-state index >= 15 is 0 Å². The smallest absolute Gasteiger partial charge is 0.153 e. The molecule has 0 unspecified atom stereocenters. The number of hydrogen-bond acceptors (Lipinski definition) is 3. The molecule has 3 aromatic rings. The number of hydrogen-bond donors (Lipinski definition) is 2. The zero-order chi connectivity index (χ0) is 17.9. The summed E-state index contributed by atoms with van der Waals surface area (Å²) in [6.45, 7) is 8.46. The number of anilines is 1. The molecule has 0 aliphatic heterocycles. The largest absolute Gasteiger partial charge is 0.382 e. The minimum Gasteiger partial charge on any atom is -0.382 e. The molecule has 0 aliphatic carbocycles. The molecule has 3 N–H and O–H groups in total. The maximum absolute atomic E-state index is 6.09. The summed E-state index contributed by atoms with van der Waals surface area (Å²) < 4.78 is 7.86. The number of rotatable bonds is 7. The number of H-pyrrole nitrogens is 1. The quantitative estimate of drug-likeness (QED) is 0.487. The van der Waals surface area contributed by atoms with E-state index in [0.29, 0.717) is 12.5 Å². The van der Waals surface area contributed by atoms with Crippen LogP contribution in [0.2, 0.25) is 25.7 Å². The van der Waals surface area contributed by atoms with Crippen molar-refractivity contribution in [2.45, 2.75) is 32.4 Å². The monoisotopic (exact) mass is 354 g/mol. The van der Waals surface area contributed by atoms with Gasteiger partial charge < -0.3 is 15.0 Å². The lowest BCUT2D eigenvalue weighted by Crippen LogP contribution is -2.21. The van der Waals surface area contributed by atoms with Gasteiger partial charge in [0.25, 0.3) is 0 Å². The number of ether oxygens (including phenoxy) is 1. The Morgan fingerprint density at radius 3 is 2.60 bits per heavy atom. The van der Waals surface area contributed by atoms with Crippen molar-refractivity contribution < 1.29 is 4.74 Å². The first-order valence-corrected chi connectivity index (χ1v) is 12.3. The molecule has 6 heteroatoms. The van der Waals surface area contributed by atoms with E-state index in [4.69, 9.17) is 10.5 Å². The van der Waals surface area contributed by atoms with Gasteiger partial charge in [-0.3, -0.25) is 5.10 Å². The summed E-state index contributed by atoms with van der Waals surface area (Å²) in [7, 11) is -1.05. The van der Waals surface area contributed by atoms with Gasteiger partial charge in [0.1, 0.15) is 6.73 Å². The lowest BCUT2D eigenvalue weighted by atomic mass is 10.0. The van der Waals surface area contributed by atoms with Crippen molar-refractivity contribution >= 4 is 13.9 Å². The topological polar surface area (TPSA) is 68.9 Å². The van der Waals surface area contributed by atoms with Crippen molar-refractivity contribution in [2.75, 3.05) is 12.3 Å². The molecular formula is C19H26N4OSi. The predicted octanol–water partition coefficient (Wildman–Crippen LogP) is 4.44. The van der Waals surface area contributed by atoms with E-state index in [-0.39, 0.29) is 0 Å². The fourth-order valence-electron chi connectivity index (χ4n) is 2.68. The van der Waals surface area contributed by atoms with E-state index in [1.807, 2.05) is 41.1 Å². The van der Waals surface area contributed by atoms with Crippen LogP contribution < -0.4 is 5.73 Å². The summed E-state index contributed by atoms with van der Waals surface area (Å²) in [5.74, 6) is 0.514. The van der Waals surface area contributed by atoms with Crippen molar-refractivity contribution in [2.24, 2.45) is 0 Å². The van der Waals surface area contributed by atoms with Gasteiger partial charge in [-0.05, 0) is 17.7 Å². The molecule has 0 saturated heterocycles. The van der Waals surface area contributed by atoms with Crippen LogP contribution in [0.4, 0.5) is 5.82 Å². The van der Waals surface area contributed by atoms with Crippen molar-refractivity contribution in [1.82, 2.24) is 14.8 Å². The molecule has 1 aromatic carbocycles. The molecule has 0 saturated carbocycles. The maximum atomic E-state index is 6.09. The molecule has 2 heterocycles. The Morgan fingerprint density at radius 1 is 1.12 bits per heavy atom. The number of benzene rings is 1. The summed E-state index contributed by atoms with van der Waals surface area (Å²) in [4.78, 5) is 0. The predicted molar refractivity (Wildman–Crippen MR) is 106 cm³/mol. The highest BCUT2D eigenvalue weighted by atomic mass is 28.3. The Balaban J connectivity index is 1.73. The number of aromatic nitrogens is 3. The molecule has 0 spiro atoms. The molecule has 0 atom stereocenters. The van der Waals surface area contributed by atoms with Crippen molar-refractivity contribution in [3.05, 3.63) is 48.8 Å². The third kappa shape index (κ3) is 4.40. The molecular weight excluding hydrogens is 328 g/mol. The van der Waals surface area contributed by atoms with Crippen LogP contribution in [0.3, 0.4) is 0 Å². The molecule has 0 bridgehead atoms.